The van der Waals surface area contributed by atoms with Crippen LogP contribution in [-0.2, 0) is 0 Å². The molecular formula is C17H22N2O2. The fourth-order valence-corrected chi connectivity index (χ4v) is 2.63. The topological polar surface area (TPSA) is 58.2 Å². The number of urea groups is 1. The Hall–Kier alpha value is -2.10. The summed E-state index contributed by atoms with van der Waals surface area (Å²) < 4.78 is 0. The molecule has 4 heteroatoms. The highest BCUT2D eigenvalue weighted by atomic mass is 16.2. The molecule has 0 saturated heterocycles. The summed E-state index contributed by atoms with van der Waals surface area (Å²) in [5, 5.41) is 5.51. The fourth-order valence-electron chi connectivity index (χ4n) is 2.63. The number of ketones is 1. The van der Waals surface area contributed by atoms with Gasteiger partial charge >= 0.3 is 6.03 Å². The van der Waals surface area contributed by atoms with Gasteiger partial charge in [0.1, 0.15) is 0 Å². The minimum atomic E-state index is -0.261. The van der Waals surface area contributed by atoms with Crippen LogP contribution in [0.4, 0.5) is 10.5 Å². The van der Waals surface area contributed by atoms with Gasteiger partial charge in [-0.1, -0.05) is 18.4 Å². The first kappa shape index (κ1) is 15.3. The van der Waals surface area contributed by atoms with Crippen LogP contribution in [0.25, 0.3) is 0 Å². The highest BCUT2D eigenvalue weighted by Gasteiger charge is 2.16. The lowest BCUT2D eigenvalue weighted by atomic mass is 10.0. The lowest BCUT2D eigenvalue weighted by molar-refractivity contribution is 0.101. The molecule has 0 heterocycles. The first-order chi connectivity index (χ1) is 10.1. The summed E-state index contributed by atoms with van der Waals surface area (Å²) in [4.78, 5) is 23.0. The van der Waals surface area contributed by atoms with Crippen molar-refractivity contribution < 1.29 is 9.59 Å². The first-order valence-corrected chi connectivity index (χ1v) is 7.41. The fraction of sp³-hybridized carbons (Fsp3) is 0.412. The third-order valence-electron chi connectivity index (χ3n) is 3.98. The van der Waals surface area contributed by atoms with Crippen LogP contribution in [0.5, 0.6) is 0 Å². The summed E-state index contributed by atoms with van der Waals surface area (Å²) in [5.41, 5.74) is 2.54. The molecule has 1 aliphatic carbocycles. The zero-order valence-corrected chi connectivity index (χ0v) is 12.6. The molecule has 4 nitrogen and oxygen atoms in total. The maximum absolute atomic E-state index is 11.8. The van der Waals surface area contributed by atoms with Gasteiger partial charge < -0.3 is 10.6 Å². The molecule has 2 amide bonds. The molecule has 0 bridgehead atoms. The number of amides is 2. The zero-order chi connectivity index (χ0) is 15.2. The van der Waals surface area contributed by atoms with Crippen LogP contribution in [0.2, 0.25) is 0 Å². The maximum atomic E-state index is 11.8. The third kappa shape index (κ3) is 4.45. The Bertz CT molecular complexity index is 540. The Morgan fingerprint density at radius 2 is 1.71 bits per heavy atom. The molecule has 0 radical (unpaired) electrons. The predicted molar refractivity (Wildman–Crippen MR) is 84.3 cm³/mol. The largest absolute Gasteiger partial charge is 0.323 e. The summed E-state index contributed by atoms with van der Waals surface area (Å²) in [7, 11) is 0. The molecular weight excluding hydrogens is 264 g/mol. The van der Waals surface area contributed by atoms with Crippen LogP contribution in [-0.4, -0.2) is 11.8 Å². The number of anilines is 1. The number of hydrogen-bond acceptors (Lipinski definition) is 2. The Kier molecular flexibility index (Phi) is 5.14. The molecule has 0 spiro atoms. The van der Waals surface area contributed by atoms with Crippen LogP contribution in [0.1, 0.15) is 49.9 Å². The molecule has 2 N–H and O–H groups in total. The second kappa shape index (κ2) is 7.07. The van der Waals surface area contributed by atoms with Crippen molar-refractivity contribution in [3.05, 3.63) is 41.6 Å². The van der Waals surface area contributed by atoms with E-state index < -0.39 is 0 Å². The molecule has 1 fully saturated rings. The van der Waals surface area contributed by atoms with Crippen molar-refractivity contribution in [2.75, 3.05) is 5.32 Å². The maximum Gasteiger partial charge on any atom is 0.323 e. The second-order valence-corrected chi connectivity index (χ2v) is 5.60. The van der Waals surface area contributed by atoms with Crippen molar-refractivity contribution >= 4 is 17.5 Å². The first-order valence-electron chi connectivity index (χ1n) is 7.41. The van der Waals surface area contributed by atoms with E-state index in [1.807, 2.05) is 0 Å². The summed E-state index contributed by atoms with van der Waals surface area (Å²) in [5.74, 6) is 0.626. The van der Waals surface area contributed by atoms with E-state index in [0.717, 1.165) is 0 Å². The number of allylic oxidation sites excluding steroid dienone is 1. The van der Waals surface area contributed by atoms with Crippen molar-refractivity contribution in [1.82, 2.24) is 5.32 Å². The molecule has 2 rings (SSSR count). The molecule has 1 aliphatic rings. The highest BCUT2D eigenvalue weighted by molar-refractivity contribution is 5.95. The van der Waals surface area contributed by atoms with E-state index in [9.17, 15) is 9.59 Å². The minimum Gasteiger partial charge on any atom is -0.314 e. The lowest BCUT2D eigenvalue weighted by Crippen LogP contribution is -2.24. The number of Topliss-reactive ketones (excluding diaryl/α,β-unsaturated/α-hetero) is 1. The van der Waals surface area contributed by atoms with E-state index in [2.05, 4.69) is 17.6 Å². The number of rotatable bonds is 4. The Balaban J connectivity index is 1.86. The SMILES string of the molecule is CC(=O)c1ccc(NC(=O)N/C=C(\C)C2CCCC2)cc1. The summed E-state index contributed by atoms with van der Waals surface area (Å²) >= 11 is 0. The number of carbonyl (C=O) groups excluding carboxylic acids is 2. The van der Waals surface area contributed by atoms with Gasteiger partial charge in [-0.3, -0.25) is 4.79 Å². The van der Waals surface area contributed by atoms with Crippen molar-refractivity contribution in [3.63, 3.8) is 0 Å². The van der Waals surface area contributed by atoms with E-state index in [1.54, 1.807) is 30.5 Å². The van der Waals surface area contributed by atoms with Gasteiger partial charge in [0, 0.05) is 17.5 Å². The van der Waals surface area contributed by atoms with Crippen molar-refractivity contribution in [3.8, 4) is 0 Å². The van der Waals surface area contributed by atoms with Gasteiger partial charge in [-0.25, -0.2) is 4.79 Å². The monoisotopic (exact) mass is 286 g/mol. The van der Waals surface area contributed by atoms with E-state index in [-0.39, 0.29) is 11.8 Å². The third-order valence-corrected chi connectivity index (χ3v) is 3.98. The Morgan fingerprint density at radius 3 is 2.29 bits per heavy atom. The molecule has 0 unspecified atom stereocenters. The lowest BCUT2D eigenvalue weighted by Gasteiger charge is -2.10. The van der Waals surface area contributed by atoms with Crippen LogP contribution in [0, 0.1) is 5.92 Å². The van der Waals surface area contributed by atoms with Gasteiger partial charge in [0.25, 0.3) is 0 Å². The molecule has 1 aromatic rings. The summed E-state index contributed by atoms with van der Waals surface area (Å²) in [6, 6.07) is 6.60. The average molecular weight is 286 g/mol. The number of benzene rings is 1. The standard InChI is InChI=1S/C17H22N2O2/c1-12(14-5-3-4-6-14)11-18-17(21)19-16-9-7-15(8-10-16)13(2)20/h7-11,14H,3-6H2,1-2H3,(H2,18,19,21)/b12-11+. The normalized spacial score (nSPS) is 15.8. The zero-order valence-electron chi connectivity index (χ0n) is 12.6. The Labute approximate surface area is 125 Å². The van der Waals surface area contributed by atoms with Crippen LogP contribution in [0.3, 0.4) is 0 Å². The van der Waals surface area contributed by atoms with E-state index in [4.69, 9.17) is 0 Å². The molecule has 0 aromatic heterocycles. The van der Waals surface area contributed by atoms with Crippen molar-refractivity contribution in [1.29, 1.82) is 0 Å². The van der Waals surface area contributed by atoms with Gasteiger partial charge in [-0.2, -0.15) is 0 Å². The van der Waals surface area contributed by atoms with Gasteiger partial charge in [-0.15, -0.1) is 0 Å². The summed E-state index contributed by atoms with van der Waals surface area (Å²) in [6.07, 6.45) is 6.81. The smallest absolute Gasteiger partial charge is 0.314 e. The number of nitrogens with one attached hydrogen (secondary N) is 2. The second-order valence-electron chi connectivity index (χ2n) is 5.60. The molecule has 0 atom stereocenters. The number of hydrogen-bond donors (Lipinski definition) is 2. The molecule has 0 aliphatic heterocycles. The van der Waals surface area contributed by atoms with Crippen LogP contribution in [0.15, 0.2) is 36.0 Å². The van der Waals surface area contributed by atoms with Crippen LogP contribution < -0.4 is 10.6 Å². The van der Waals surface area contributed by atoms with Gasteiger partial charge in [0.15, 0.2) is 5.78 Å². The quantitative estimate of drug-likeness (QED) is 0.818. The van der Waals surface area contributed by atoms with E-state index in [0.29, 0.717) is 17.2 Å². The van der Waals surface area contributed by atoms with E-state index in [1.165, 1.54) is 38.2 Å². The highest BCUT2D eigenvalue weighted by Crippen LogP contribution is 2.30. The predicted octanol–water partition coefficient (Wildman–Crippen LogP) is 4.10. The Morgan fingerprint density at radius 1 is 1.10 bits per heavy atom. The summed E-state index contributed by atoms with van der Waals surface area (Å²) in [6.45, 7) is 3.59. The van der Waals surface area contributed by atoms with Crippen LogP contribution >= 0.6 is 0 Å². The molecule has 21 heavy (non-hydrogen) atoms. The molecule has 112 valence electrons. The van der Waals surface area contributed by atoms with Gasteiger partial charge in [-0.05, 0) is 56.9 Å². The molecule has 1 saturated carbocycles. The number of carbonyl (C=O) groups is 2. The van der Waals surface area contributed by atoms with Crippen molar-refractivity contribution in [2.45, 2.75) is 39.5 Å². The van der Waals surface area contributed by atoms with Gasteiger partial charge in [0.2, 0.25) is 0 Å². The van der Waals surface area contributed by atoms with Crippen molar-refractivity contribution in [2.24, 2.45) is 5.92 Å². The van der Waals surface area contributed by atoms with E-state index >= 15 is 0 Å². The average Bonchev–Trinajstić information content (AvgIpc) is 2.99. The van der Waals surface area contributed by atoms with Gasteiger partial charge in [0.05, 0.1) is 0 Å². The molecule has 1 aromatic carbocycles. The minimum absolute atomic E-state index is 0.0149.